The maximum atomic E-state index is 13.3. The van der Waals surface area contributed by atoms with Gasteiger partial charge in [0.25, 0.3) is 0 Å². The van der Waals surface area contributed by atoms with Crippen molar-refractivity contribution in [3.05, 3.63) is 35.9 Å². The van der Waals surface area contributed by atoms with Crippen molar-refractivity contribution in [3.63, 3.8) is 0 Å². The molecular weight excluding hydrogens is 376 g/mol. The molecule has 2 unspecified atom stereocenters. The van der Waals surface area contributed by atoms with Crippen molar-refractivity contribution in [1.82, 2.24) is 0 Å². The maximum absolute atomic E-state index is 13.3. The van der Waals surface area contributed by atoms with Gasteiger partial charge in [-0.15, -0.1) is 0 Å². The van der Waals surface area contributed by atoms with Crippen LogP contribution in [0.1, 0.15) is 44.6 Å². The lowest BCUT2D eigenvalue weighted by Gasteiger charge is -2.39. The Hall–Kier alpha value is -2.25. The van der Waals surface area contributed by atoms with Gasteiger partial charge in [-0.05, 0) is 25.3 Å². The van der Waals surface area contributed by atoms with Crippen molar-refractivity contribution in [2.45, 2.75) is 51.9 Å². The molecule has 3 rings (SSSR count). The number of Topliss-reactive ketones (excluding diaryl/α,β-unsaturated/α-hetero) is 1. The molecule has 2 aliphatic rings. The first-order valence-corrected chi connectivity index (χ1v) is 10.2. The van der Waals surface area contributed by atoms with Gasteiger partial charge < -0.3 is 18.9 Å². The summed E-state index contributed by atoms with van der Waals surface area (Å²) in [7, 11) is 0. The summed E-state index contributed by atoms with van der Waals surface area (Å²) in [4.78, 5) is 39.3. The SMILES string of the molecule is CCOC(=O)C(CC1OCCO1)C1(C(=O)OCc2ccccc2)CCCCC1=O. The number of ether oxygens (including phenoxy) is 4. The fourth-order valence-corrected chi connectivity index (χ4v) is 4.11. The average Bonchev–Trinajstić information content (AvgIpc) is 3.25. The van der Waals surface area contributed by atoms with Crippen LogP contribution >= 0.6 is 0 Å². The van der Waals surface area contributed by atoms with Crippen LogP contribution in [0.15, 0.2) is 30.3 Å². The van der Waals surface area contributed by atoms with Gasteiger partial charge in [0.15, 0.2) is 12.1 Å². The largest absolute Gasteiger partial charge is 0.466 e. The zero-order chi connectivity index (χ0) is 20.7. The first kappa shape index (κ1) is 21.5. The Morgan fingerprint density at radius 2 is 1.86 bits per heavy atom. The predicted molar refractivity (Wildman–Crippen MR) is 103 cm³/mol. The van der Waals surface area contributed by atoms with Gasteiger partial charge in [0.1, 0.15) is 12.0 Å². The van der Waals surface area contributed by atoms with E-state index in [1.165, 1.54) is 0 Å². The van der Waals surface area contributed by atoms with E-state index in [2.05, 4.69) is 0 Å². The lowest BCUT2D eigenvalue weighted by Crippen LogP contribution is -2.52. The van der Waals surface area contributed by atoms with Gasteiger partial charge in [-0.3, -0.25) is 14.4 Å². The molecule has 0 spiro atoms. The minimum absolute atomic E-state index is 0.0423. The lowest BCUT2D eigenvalue weighted by atomic mass is 9.63. The van der Waals surface area contributed by atoms with Crippen LogP contribution in [0.3, 0.4) is 0 Å². The van der Waals surface area contributed by atoms with Gasteiger partial charge in [0.2, 0.25) is 0 Å². The molecule has 0 aromatic heterocycles. The van der Waals surface area contributed by atoms with E-state index in [-0.39, 0.29) is 38.3 Å². The summed E-state index contributed by atoms with van der Waals surface area (Å²) in [5.74, 6) is -2.51. The molecule has 7 heteroatoms. The summed E-state index contributed by atoms with van der Waals surface area (Å²) in [6.07, 6.45) is 1.30. The Balaban J connectivity index is 1.87. The van der Waals surface area contributed by atoms with E-state index in [0.717, 1.165) is 5.56 Å². The molecule has 158 valence electrons. The summed E-state index contributed by atoms with van der Waals surface area (Å²) < 4.78 is 21.8. The van der Waals surface area contributed by atoms with Crippen molar-refractivity contribution in [3.8, 4) is 0 Å². The number of benzene rings is 1. The van der Waals surface area contributed by atoms with Crippen molar-refractivity contribution in [2.24, 2.45) is 11.3 Å². The van der Waals surface area contributed by atoms with Crippen LogP contribution in [0.5, 0.6) is 0 Å². The van der Waals surface area contributed by atoms with Gasteiger partial charge in [-0.1, -0.05) is 36.8 Å². The van der Waals surface area contributed by atoms with Crippen LogP contribution in [-0.2, 0) is 39.9 Å². The molecule has 0 N–H and O–H groups in total. The molecule has 1 aromatic rings. The Morgan fingerprint density at radius 3 is 2.52 bits per heavy atom. The molecule has 0 bridgehead atoms. The minimum Gasteiger partial charge on any atom is -0.466 e. The molecule has 1 aromatic carbocycles. The Labute approximate surface area is 170 Å². The number of hydrogen-bond donors (Lipinski definition) is 0. The normalized spacial score (nSPS) is 23.6. The third-order valence-electron chi connectivity index (χ3n) is 5.58. The van der Waals surface area contributed by atoms with E-state index in [1.807, 2.05) is 30.3 Å². The van der Waals surface area contributed by atoms with Gasteiger partial charge in [-0.25, -0.2) is 0 Å². The van der Waals surface area contributed by atoms with Crippen molar-refractivity contribution >= 4 is 17.7 Å². The van der Waals surface area contributed by atoms with Crippen LogP contribution in [0, 0.1) is 11.3 Å². The van der Waals surface area contributed by atoms with Gasteiger partial charge in [0.05, 0.1) is 25.7 Å². The Morgan fingerprint density at radius 1 is 1.14 bits per heavy atom. The highest BCUT2D eigenvalue weighted by atomic mass is 16.7. The van der Waals surface area contributed by atoms with E-state index >= 15 is 0 Å². The molecule has 1 aliphatic heterocycles. The second-order valence-electron chi connectivity index (χ2n) is 7.37. The zero-order valence-corrected chi connectivity index (χ0v) is 16.8. The highest BCUT2D eigenvalue weighted by molar-refractivity contribution is 6.07. The van der Waals surface area contributed by atoms with Crippen LogP contribution in [0.2, 0.25) is 0 Å². The zero-order valence-electron chi connectivity index (χ0n) is 16.8. The fourth-order valence-electron chi connectivity index (χ4n) is 4.11. The van der Waals surface area contributed by atoms with Crippen molar-refractivity contribution in [2.75, 3.05) is 19.8 Å². The molecule has 0 amide bonds. The maximum Gasteiger partial charge on any atom is 0.320 e. The van der Waals surface area contributed by atoms with Crippen LogP contribution < -0.4 is 0 Å². The smallest absolute Gasteiger partial charge is 0.320 e. The predicted octanol–water partition coefficient (Wildman–Crippen LogP) is 2.80. The summed E-state index contributed by atoms with van der Waals surface area (Å²) in [5.41, 5.74) is -0.747. The van der Waals surface area contributed by atoms with Crippen LogP contribution in [0.25, 0.3) is 0 Å². The van der Waals surface area contributed by atoms with E-state index in [1.54, 1.807) is 6.92 Å². The first-order chi connectivity index (χ1) is 14.1. The first-order valence-electron chi connectivity index (χ1n) is 10.2. The monoisotopic (exact) mass is 404 g/mol. The van der Waals surface area contributed by atoms with Gasteiger partial charge in [-0.2, -0.15) is 0 Å². The minimum atomic E-state index is -1.56. The second kappa shape index (κ2) is 9.98. The quantitative estimate of drug-likeness (QED) is 0.486. The molecule has 1 aliphatic carbocycles. The number of ketones is 1. The molecule has 1 heterocycles. The topological polar surface area (TPSA) is 88.1 Å². The second-order valence-corrected chi connectivity index (χ2v) is 7.37. The van der Waals surface area contributed by atoms with Gasteiger partial charge in [0, 0.05) is 12.8 Å². The number of carbonyl (C=O) groups excluding carboxylic acids is 3. The molecule has 2 atom stereocenters. The van der Waals surface area contributed by atoms with Crippen LogP contribution in [0.4, 0.5) is 0 Å². The molecule has 2 fully saturated rings. The molecule has 0 radical (unpaired) electrons. The Bertz CT molecular complexity index is 711. The molecule has 1 saturated carbocycles. The van der Waals surface area contributed by atoms with Crippen molar-refractivity contribution in [1.29, 1.82) is 0 Å². The highest BCUT2D eigenvalue weighted by Gasteiger charge is 2.57. The lowest BCUT2D eigenvalue weighted by molar-refractivity contribution is -0.181. The fraction of sp³-hybridized carbons (Fsp3) is 0.591. The molecule has 1 saturated heterocycles. The number of hydrogen-bond acceptors (Lipinski definition) is 7. The highest BCUT2D eigenvalue weighted by Crippen LogP contribution is 2.44. The summed E-state index contributed by atoms with van der Waals surface area (Å²) in [6, 6.07) is 9.25. The van der Waals surface area contributed by atoms with Crippen LogP contribution in [-0.4, -0.2) is 43.8 Å². The van der Waals surface area contributed by atoms with E-state index in [9.17, 15) is 14.4 Å². The summed E-state index contributed by atoms with van der Waals surface area (Å²) >= 11 is 0. The third kappa shape index (κ3) is 4.85. The molecule has 29 heavy (non-hydrogen) atoms. The van der Waals surface area contributed by atoms with Gasteiger partial charge >= 0.3 is 11.9 Å². The number of esters is 2. The molecule has 7 nitrogen and oxygen atoms in total. The third-order valence-corrected chi connectivity index (χ3v) is 5.58. The van der Waals surface area contributed by atoms with E-state index < -0.39 is 29.6 Å². The number of rotatable bonds is 8. The van der Waals surface area contributed by atoms with Crippen molar-refractivity contribution < 1.29 is 33.3 Å². The average molecular weight is 404 g/mol. The van der Waals surface area contributed by atoms with E-state index in [4.69, 9.17) is 18.9 Å². The van der Waals surface area contributed by atoms with E-state index in [0.29, 0.717) is 26.1 Å². The molecular formula is C22H28O7. The summed E-state index contributed by atoms with van der Waals surface area (Å²) in [5, 5.41) is 0. The number of carbonyl (C=O) groups is 3. The Kier molecular flexibility index (Phi) is 7.39. The standard InChI is InChI=1S/C22H28O7/c1-2-26-20(24)17(14-19-27-12-13-28-19)22(11-7-6-10-18(22)23)21(25)29-15-16-8-4-3-5-9-16/h3-5,8-9,17,19H,2,6-7,10-15H2,1H3. The summed E-state index contributed by atoms with van der Waals surface area (Å²) in [6.45, 7) is 2.73.